The van der Waals surface area contributed by atoms with Crippen molar-refractivity contribution in [1.82, 2.24) is 0 Å². The van der Waals surface area contributed by atoms with Gasteiger partial charge in [0.15, 0.2) is 0 Å². The average molecular weight is 480 g/mol. The minimum Gasteiger partial charge on any atom is -0.324 e. The van der Waals surface area contributed by atoms with Crippen molar-refractivity contribution in [3.63, 3.8) is 0 Å². The first-order valence-corrected chi connectivity index (χ1v) is 12.9. The van der Waals surface area contributed by atoms with Gasteiger partial charge in [0.25, 0.3) is 0 Å². The van der Waals surface area contributed by atoms with Crippen LogP contribution >= 0.6 is 38.7 Å². The van der Waals surface area contributed by atoms with Crippen LogP contribution in [0.25, 0.3) is 0 Å². The standard InChI is InChI=1S/CH7O9P3.CH6O6P2.3CH4/c1-11(2,3)9-13(7,8)10-12(4,5)6;1-8(2,3)7-9(4,5)6;;;/h1H3,(H,2,3)(H,7,8)(H2,4,5,6);1H3,(H,2,3)(H2,4,5,6);3*1H4. The predicted octanol–water partition coefficient (Wildman–Crippen LogP) is 1.85. The third-order valence-corrected chi connectivity index (χ3v) is 6.50. The Kier molecular flexibility index (Phi) is 18.0. The van der Waals surface area contributed by atoms with E-state index in [1.54, 1.807) is 0 Å². The molecule has 160 valence electrons. The van der Waals surface area contributed by atoms with Crippen LogP contribution < -0.4 is 0 Å². The Morgan fingerprint density at radius 2 is 0.760 bits per heavy atom. The normalized spacial score (nSPS) is 18.3. The topological polar surface area (TPSA) is 255 Å². The van der Waals surface area contributed by atoms with Crippen LogP contribution in [0.1, 0.15) is 22.3 Å². The van der Waals surface area contributed by atoms with Crippen molar-refractivity contribution < 1.29 is 70.0 Å². The molecule has 0 aliphatic heterocycles. The average Bonchev–Trinajstić information content (AvgIpc) is 1.82. The summed E-state index contributed by atoms with van der Waals surface area (Å²) in [5.74, 6) is 0. The van der Waals surface area contributed by atoms with Crippen molar-refractivity contribution in [3.05, 3.63) is 0 Å². The van der Waals surface area contributed by atoms with Crippen molar-refractivity contribution in [1.29, 1.82) is 0 Å². The smallest absolute Gasteiger partial charge is 0.324 e. The Hall–Kier alpha value is 0.750. The molecule has 0 saturated carbocycles. The van der Waals surface area contributed by atoms with Crippen LogP contribution in [0, 0.1) is 0 Å². The summed E-state index contributed by atoms with van der Waals surface area (Å²) in [6, 6.07) is 0. The monoisotopic (exact) mass is 480 g/mol. The highest BCUT2D eigenvalue weighted by Crippen LogP contribution is 2.64. The summed E-state index contributed by atoms with van der Waals surface area (Å²) in [6.07, 6.45) is 0. The van der Waals surface area contributed by atoms with Gasteiger partial charge in [-0.1, -0.05) is 22.3 Å². The van der Waals surface area contributed by atoms with Gasteiger partial charge in [-0.25, -0.2) is 22.3 Å². The molecule has 0 aliphatic carbocycles. The molecule has 20 heteroatoms. The van der Waals surface area contributed by atoms with Crippen molar-refractivity contribution in [3.8, 4) is 0 Å². The first-order chi connectivity index (χ1) is 9.12. The molecular formula is C5H25O15P5. The van der Waals surface area contributed by atoms with Crippen molar-refractivity contribution in [2.75, 3.05) is 13.3 Å². The lowest BCUT2D eigenvalue weighted by Crippen LogP contribution is -1.91. The van der Waals surface area contributed by atoms with Crippen molar-refractivity contribution >= 4 is 38.7 Å². The summed E-state index contributed by atoms with van der Waals surface area (Å²) in [5, 5.41) is 0. The molecule has 0 radical (unpaired) electrons. The maximum absolute atomic E-state index is 10.5. The summed E-state index contributed by atoms with van der Waals surface area (Å²) in [4.78, 5) is 57.0. The fourth-order valence-corrected chi connectivity index (χ4v) is 5.11. The minimum atomic E-state index is -5.24. The zero-order chi connectivity index (χ0) is 18.6. The molecule has 0 spiro atoms. The summed E-state index contributed by atoms with van der Waals surface area (Å²) >= 11 is 0. The Morgan fingerprint density at radius 3 is 0.880 bits per heavy atom. The molecular weight excluding hydrogens is 455 g/mol. The lowest BCUT2D eigenvalue weighted by molar-refractivity contribution is 0.223. The molecule has 0 aromatic carbocycles. The zero-order valence-corrected chi connectivity index (χ0v) is 15.1. The second-order valence-corrected chi connectivity index (χ2v) is 11.4. The largest absolute Gasteiger partial charge is 0.488 e. The van der Waals surface area contributed by atoms with Crippen molar-refractivity contribution in [2.45, 2.75) is 22.3 Å². The van der Waals surface area contributed by atoms with Gasteiger partial charge >= 0.3 is 38.7 Å². The van der Waals surface area contributed by atoms with Crippen LogP contribution in [0.5, 0.6) is 0 Å². The predicted molar refractivity (Wildman–Crippen MR) is 88.9 cm³/mol. The van der Waals surface area contributed by atoms with E-state index in [0.717, 1.165) is 0 Å². The Morgan fingerprint density at radius 1 is 0.520 bits per heavy atom. The number of phosphoric acid groups is 3. The molecule has 3 unspecified atom stereocenters. The maximum atomic E-state index is 10.5. The van der Waals surface area contributed by atoms with Gasteiger partial charge in [-0.15, -0.1) is 0 Å². The molecule has 7 N–H and O–H groups in total. The van der Waals surface area contributed by atoms with E-state index in [-0.39, 0.29) is 22.3 Å². The van der Waals surface area contributed by atoms with E-state index in [9.17, 15) is 22.8 Å². The van der Waals surface area contributed by atoms with Gasteiger partial charge in [-0.05, 0) is 0 Å². The SMILES string of the molecule is C.C.C.CP(=O)(O)OP(=O)(O)O.CP(=O)(O)OP(=O)(O)OP(=O)(O)O. The molecule has 0 aromatic rings. The van der Waals surface area contributed by atoms with Crippen LogP contribution in [0.4, 0.5) is 0 Å². The quantitative estimate of drug-likeness (QED) is 0.268. The number of hydrogen-bond donors (Lipinski definition) is 7. The van der Waals surface area contributed by atoms with Gasteiger partial charge < -0.3 is 34.3 Å². The second-order valence-electron chi connectivity index (χ2n) is 3.30. The lowest BCUT2D eigenvalue weighted by Gasteiger charge is -2.13. The van der Waals surface area contributed by atoms with Crippen LogP contribution in [0.2, 0.25) is 0 Å². The third kappa shape index (κ3) is 36.4. The Bertz CT molecular complexity index is 539. The molecule has 0 rings (SSSR count). The Labute approximate surface area is 145 Å². The molecule has 0 aromatic heterocycles. The highest BCUT2D eigenvalue weighted by atomic mass is 31.3. The van der Waals surface area contributed by atoms with Gasteiger partial charge in [0.2, 0.25) is 0 Å². The van der Waals surface area contributed by atoms with Gasteiger partial charge in [0, 0.05) is 13.3 Å². The summed E-state index contributed by atoms with van der Waals surface area (Å²) < 4.78 is 60.9. The van der Waals surface area contributed by atoms with E-state index in [2.05, 4.69) is 12.9 Å². The zero-order valence-electron chi connectivity index (χ0n) is 10.6. The molecule has 0 aliphatic rings. The summed E-state index contributed by atoms with van der Waals surface area (Å²) in [5.41, 5.74) is 0. The highest BCUT2D eigenvalue weighted by molar-refractivity contribution is 7.67. The van der Waals surface area contributed by atoms with E-state index in [0.29, 0.717) is 13.3 Å². The fraction of sp³-hybridized carbons (Fsp3) is 1.00. The summed E-state index contributed by atoms with van der Waals surface area (Å²) in [6.45, 7) is 1.24. The molecule has 0 fully saturated rings. The van der Waals surface area contributed by atoms with Gasteiger partial charge in [-0.3, -0.25) is 9.13 Å². The molecule has 0 saturated heterocycles. The molecule has 0 amide bonds. The highest BCUT2D eigenvalue weighted by Gasteiger charge is 2.37. The lowest BCUT2D eigenvalue weighted by atomic mass is 12.0. The van der Waals surface area contributed by atoms with Gasteiger partial charge in [0.1, 0.15) is 0 Å². The molecule has 0 heterocycles. The second kappa shape index (κ2) is 12.3. The van der Waals surface area contributed by atoms with Crippen LogP contribution in [-0.2, 0) is 35.8 Å². The van der Waals surface area contributed by atoms with E-state index in [4.69, 9.17) is 34.3 Å². The number of rotatable bonds is 6. The first-order valence-electron chi connectivity index (χ1n) is 4.30. The molecule has 25 heavy (non-hydrogen) atoms. The molecule has 3 atom stereocenters. The van der Waals surface area contributed by atoms with E-state index >= 15 is 0 Å². The van der Waals surface area contributed by atoms with E-state index in [1.807, 2.05) is 0 Å². The first kappa shape index (κ1) is 36.6. The van der Waals surface area contributed by atoms with E-state index in [1.165, 1.54) is 0 Å². The fourth-order valence-electron chi connectivity index (χ4n) is 0.538. The third-order valence-electron chi connectivity index (χ3n) is 0.722. The van der Waals surface area contributed by atoms with Gasteiger partial charge in [0.05, 0.1) is 0 Å². The maximum Gasteiger partial charge on any atom is 0.488 e. The molecule has 0 bridgehead atoms. The number of hydrogen-bond acceptors (Lipinski definition) is 8. The van der Waals surface area contributed by atoms with Gasteiger partial charge in [-0.2, -0.15) is 4.31 Å². The van der Waals surface area contributed by atoms with Crippen LogP contribution in [0.3, 0.4) is 0 Å². The Balaban J connectivity index is -0.0000001000. The summed E-state index contributed by atoms with van der Waals surface area (Å²) in [7, 11) is -23.7. The van der Waals surface area contributed by atoms with E-state index < -0.39 is 38.7 Å². The van der Waals surface area contributed by atoms with Crippen molar-refractivity contribution in [2.24, 2.45) is 0 Å². The molecule has 15 nitrogen and oxygen atoms in total. The van der Waals surface area contributed by atoms with Crippen LogP contribution in [-0.4, -0.2) is 47.6 Å². The van der Waals surface area contributed by atoms with Crippen LogP contribution in [0.15, 0.2) is 0 Å². The minimum absolute atomic E-state index is 0.